The average molecular weight is 505 g/mol. The van der Waals surface area contributed by atoms with E-state index in [1.54, 1.807) is 0 Å². The Kier molecular flexibility index (Phi) is 9.72. The van der Waals surface area contributed by atoms with Crippen LogP contribution in [0, 0.1) is 0 Å². The van der Waals surface area contributed by atoms with E-state index in [2.05, 4.69) is 72.8 Å². The molecule has 156 valence electrons. The largest absolute Gasteiger partial charge is 0.124 e. The monoisotopic (exact) mass is 504 g/mol. The lowest BCUT2D eigenvalue weighted by Crippen LogP contribution is -1.92. The Labute approximate surface area is 205 Å². The minimum Gasteiger partial charge on any atom is -0.124 e. The predicted molar refractivity (Wildman–Crippen MR) is 144 cm³/mol. The maximum absolute atomic E-state index is 2.28. The number of benzene rings is 3. The molecule has 1 heterocycles. The molecule has 1 aliphatic heterocycles. The van der Waals surface area contributed by atoms with Crippen molar-refractivity contribution >= 4 is 70.6 Å². The summed E-state index contributed by atoms with van der Waals surface area (Å²) >= 11 is 12.0. The van der Waals surface area contributed by atoms with Crippen LogP contribution in [0.25, 0.3) is 0 Å². The summed E-state index contributed by atoms with van der Waals surface area (Å²) < 4.78 is 0. The van der Waals surface area contributed by atoms with Crippen LogP contribution in [0.3, 0.4) is 0 Å². The van der Waals surface area contributed by atoms with Gasteiger partial charge >= 0.3 is 0 Å². The van der Waals surface area contributed by atoms with Crippen LogP contribution in [-0.4, -0.2) is 34.5 Å². The number of hydrogen-bond acceptors (Lipinski definition) is 6. The van der Waals surface area contributed by atoms with Crippen LogP contribution in [0.5, 0.6) is 0 Å². The third kappa shape index (κ3) is 6.88. The van der Waals surface area contributed by atoms with Gasteiger partial charge in [-0.3, -0.25) is 0 Å². The van der Waals surface area contributed by atoms with Gasteiger partial charge in [-0.15, -0.1) is 70.6 Å². The molecular weight excluding hydrogens is 481 g/mol. The molecule has 6 heteroatoms. The fraction of sp³-hybridized carbons (Fsp3) is 0.250. The average Bonchev–Trinajstić information content (AvgIpc) is 2.79. The Morgan fingerprint density at radius 3 is 0.633 bits per heavy atom. The summed E-state index contributed by atoms with van der Waals surface area (Å²) in [5.41, 5.74) is 0. The molecule has 0 saturated heterocycles. The van der Waals surface area contributed by atoms with E-state index in [-0.39, 0.29) is 0 Å². The molecule has 0 unspecified atom stereocenters. The molecule has 0 atom stereocenters. The van der Waals surface area contributed by atoms with E-state index in [1.165, 1.54) is 29.4 Å². The lowest BCUT2D eigenvalue weighted by molar-refractivity contribution is 1.22. The lowest BCUT2D eigenvalue weighted by Gasteiger charge is -2.12. The molecule has 0 fully saturated rings. The highest BCUT2D eigenvalue weighted by Crippen LogP contribution is 2.37. The van der Waals surface area contributed by atoms with E-state index >= 15 is 0 Å². The van der Waals surface area contributed by atoms with Gasteiger partial charge in [-0.25, -0.2) is 0 Å². The zero-order valence-corrected chi connectivity index (χ0v) is 21.5. The summed E-state index contributed by atoms with van der Waals surface area (Å²) in [6.45, 7) is 0. The topological polar surface area (TPSA) is 0 Å². The molecule has 4 rings (SSSR count). The normalized spacial score (nSPS) is 16.4. The van der Waals surface area contributed by atoms with Gasteiger partial charge in [-0.2, -0.15) is 0 Å². The second-order valence-corrected chi connectivity index (χ2v) is 13.3. The maximum Gasteiger partial charge on any atom is 0.0208 e. The fourth-order valence-corrected chi connectivity index (χ4v) is 9.67. The van der Waals surface area contributed by atoms with E-state index in [0.717, 1.165) is 34.5 Å². The molecule has 0 radical (unpaired) electrons. The third-order valence-electron chi connectivity index (χ3n) is 4.34. The fourth-order valence-electron chi connectivity index (χ4n) is 2.98. The molecule has 0 saturated carbocycles. The van der Waals surface area contributed by atoms with Gasteiger partial charge in [0.15, 0.2) is 0 Å². The predicted octanol–water partition coefficient (Wildman–Crippen LogP) is 8.65. The second-order valence-electron chi connectivity index (χ2n) is 6.43. The van der Waals surface area contributed by atoms with Crippen LogP contribution in [0.15, 0.2) is 102 Å². The number of fused-ring (bicyclic) bond motifs is 3. The molecule has 0 spiro atoms. The highest BCUT2D eigenvalue weighted by Gasteiger charge is 2.09. The van der Waals surface area contributed by atoms with Crippen LogP contribution in [0.4, 0.5) is 0 Å². The second kappa shape index (κ2) is 12.7. The lowest BCUT2D eigenvalue weighted by atomic mass is 10.4. The Balaban J connectivity index is 1.50. The van der Waals surface area contributed by atoms with Crippen molar-refractivity contribution in [2.45, 2.75) is 29.4 Å². The zero-order chi connectivity index (χ0) is 20.4. The summed E-state index contributed by atoms with van der Waals surface area (Å²) in [5.74, 6) is 6.83. The Bertz CT molecular complexity index is 745. The number of rotatable bonds is 0. The highest BCUT2D eigenvalue weighted by molar-refractivity contribution is 8.06. The summed E-state index contributed by atoms with van der Waals surface area (Å²) in [6.07, 6.45) is 0. The van der Waals surface area contributed by atoms with Crippen LogP contribution in [0.1, 0.15) is 0 Å². The summed E-state index contributed by atoms with van der Waals surface area (Å²) in [7, 11) is 0. The summed E-state index contributed by atoms with van der Waals surface area (Å²) in [5, 5.41) is 0. The molecule has 0 aliphatic carbocycles. The minimum atomic E-state index is 1.14. The van der Waals surface area contributed by atoms with Gasteiger partial charge < -0.3 is 0 Å². The van der Waals surface area contributed by atoms with Crippen molar-refractivity contribution in [2.75, 3.05) is 34.5 Å². The van der Waals surface area contributed by atoms with Gasteiger partial charge in [-0.1, -0.05) is 36.4 Å². The van der Waals surface area contributed by atoms with Gasteiger partial charge in [0.2, 0.25) is 0 Å². The van der Waals surface area contributed by atoms with Crippen molar-refractivity contribution in [3.8, 4) is 0 Å². The SMILES string of the molecule is c1ccc2c(c1)SCCSc1ccccc1SCCSc1ccccc1SCCS2. The molecule has 0 N–H and O–H groups in total. The minimum absolute atomic E-state index is 1.14. The zero-order valence-electron chi connectivity index (χ0n) is 16.6. The Morgan fingerprint density at radius 1 is 0.300 bits per heavy atom. The van der Waals surface area contributed by atoms with Crippen LogP contribution in [-0.2, 0) is 0 Å². The molecule has 0 amide bonds. The van der Waals surface area contributed by atoms with Crippen molar-refractivity contribution in [3.63, 3.8) is 0 Å². The van der Waals surface area contributed by atoms with Gasteiger partial charge in [0.1, 0.15) is 0 Å². The van der Waals surface area contributed by atoms with E-state index in [4.69, 9.17) is 0 Å². The standard InChI is InChI=1S/C24H24S6/c1-2-8-20-19(7-1)25-13-14-27-21-9-3-4-10-22(21)29-17-18-30-24-12-6-5-11-23(24)28-16-15-26-20/h1-12H,13-18H2. The van der Waals surface area contributed by atoms with E-state index in [1.807, 2.05) is 70.6 Å². The van der Waals surface area contributed by atoms with Crippen molar-refractivity contribution in [1.29, 1.82) is 0 Å². The van der Waals surface area contributed by atoms with Crippen molar-refractivity contribution in [1.82, 2.24) is 0 Å². The van der Waals surface area contributed by atoms with Crippen molar-refractivity contribution in [3.05, 3.63) is 72.8 Å². The molecule has 0 aromatic heterocycles. The first kappa shape index (κ1) is 22.9. The molecule has 0 nitrogen and oxygen atoms in total. The Hall–Kier alpha value is -0.240. The number of thioether (sulfide) groups is 6. The molecule has 3 aromatic carbocycles. The van der Waals surface area contributed by atoms with Crippen LogP contribution >= 0.6 is 70.6 Å². The number of hydrogen-bond donors (Lipinski definition) is 0. The maximum atomic E-state index is 2.28. The quantitative estimate of drug-likeness (QED) is 0.298. The smallest absolute Gasteiger partial charge is 0.0208 e. The molecule has 30 heavy (non-hydrogen) atoms. The molecule has 3 aromatic rings. The van der Waals surface area contributed by atoms with Crippen LogP contribution in [0.2, 0.25) is 0 Å². The van der Waals surface area contributed by atoms with Gasteiger partial charge in [-0.05, 0) is 36.4 Å². The van der Waals surface area contributed by atoms with Gasteiger partial charge in [0, 0.05) is 63.9 Å². The van der Waals surface area contributed by atoms with Gasteiger partial charge in [0.05, 0.1) is 0 Å². The van der Waals surface area contributed by atoms with Crippen molar-refractivity contribution in [2.24, 2.45) is 0 Å². The van der Waals surface area contributed by atoms with Crippen LogP contribution < -0.4 is 0 Å². The van der Waals surface area contributed by atoms with Crippen molar-refractivity contribution < 1.29 is 0 Å². The summed E-state index contributed by atoms with van der Waals surface area (Å²) in [6, 6.07) is 26.7. The molecule has 0 bridgehead atoms. The van der Waals surface area contributed by atoms with E-state index < -0.39 is 0 Å². The molecule has 1 aliphatic rings. The van der Waals surface area contributed by atoms with Gasteiger partial charge in [0.25, 0.3) is 0 Å². The third-order valence-corrected chi connectivity index (χ3v) is 12.0. The first-order valence-corrected chi connectivity index (χ1v) is 15.9. The summed E-state index contributed by atoms with van der Waals surface area (Å²) in [4.78, 5) is 8.54. The first-order chi connectivity index (χ1) is 14.9. The molecular formula is C24H24S6. The highest BCUT2D eigenvalue weighted by atomic mass is 32.2. The first-order valence-electron chi connectivity index (χ1n) is 9.94. The van der Waals surface area contributed by atoms with E-state index in [0.29, 0.717) is 0 Å². The Morgan fingerprint density at radius 2 is 0.467 bits per heavy atom. The van der Waals surface area contributed by atoms with E-state index in [9.17, 15) is 0 Å².